The fraction of sp³-hybridized carbons (Fsp3) is 0.235. The number of hydrogen-bond donors (Lipinski definition) is 1. The van der Waals surface area contributed by atoms with Crippen LogP contribution in [0.3, 0.4) is 0 Å². The van der Waals surface area contributed by atoms with Crippen LogP contribution in [-0.4, -0.2) is 14.5 Å². The molecule has 0 amide bonds. The van der Waals surface area contributed by atoms with Crippen molar-refractivity contribution in [2.75, 3.05) is 5.32 Å². The highest BCUT2D eigenvalue weighted by molar-refractivity contribution is 8.45. The summed E-state index contributed by atoms with van der Waals surface area (Å²) in [6, 6.07) is 3.59. The zero-order valence-electron chi connectivity index (χ0n) is 15.1. The molecule has 2 aromatic heterocycles. The lowest BCUT2D eigenvalue weighted by atomic mass is 10.1. The van der Waals surface area contributed by atoms with Crippen molar-refractivity contribution in [3.05, 3.63) is 58.3 Å². The summed E-state index contributed by atoms with van der Waals surface area (Å²) in [7, 11) is -8.24. The van der Waals surface area contributed by atoms with Gasteiger partial charge >= 0.3 is 10.2 Å². The SMILES string of the molecule is Cc1nc(N[C@H](C)c2cccc(S(F)(F)(F)(F)F)c2)c2cn(C)c(=O)cc2n1. The van der Waals surface area contributed by atoms with Gasteiger partial charge in [-0.1, -0.05) is 31.6 Å². The molecule has 11 heteroatoms. The molecule has 1 atom stereocenters. The van der Waals surface area contributed by atoms with E-state index in [1.807, 2.05) is 0 Å². The minimum Gasteiger partial charge on any atom is -0.363 e. The van der Waals surface area contributed by atoms with Crippen molar-refractivity contribution in [3.63, 3.8) is 0 Å². The summed E-state index contributed by atoms with van der Waals surface area (Å²) in [5.74, 6) is 0.625. The zero-order chi connectivity index (χ0) is 21.0. The molecule has 1 N–H and O–H groups in total. The minimum absolute atomic E-state index is 0.0139. The highest BCUT2D eigenvalue weighted by atomic mass is 32.5. The Kier molecular flexibility index (Phi) is 4.05. The third-order valence-corrected chi connectivity index (χ3v) is 5.32. The maximum atomic E-state index is 13.1. The summed E-state index contributed by atoms with van der Waals surface area (Å²) in [6.07, 6.45) is 1.50. The van der Waals surface area contributed by atoms with Crippen molar-refractivity contribution in [3.8, 4) is 0 Å². The Morgan fingerprint density at radius 2 is 1.79 bits per heavy atom. The number of rotatable bonds is 4. The van der Waals surface area contributed by atoms with Gasteiger partial charge in [-0.3, -0.25) is 4.79 Å². The molecule has 0 aliphatic carbocycles. The monoisotopic (exact) mass is 420 g/mol. The third-order valence-electron chi connectivity index (χ3n) is 4.17. The van der Waals surface area contributed by atoms with Crippen molar-refractivity contribution in [1.82, 2.24) is 14.5 Å². The molecule has 0 aliphatic heterocycles. The first-order valence-corrected chi connectivity index (χ1v) is 10.0. The van der Waals surface area contributed by atoms with E-state index in [9.17, 15) is 24.2 Å². The molecule has 0 spiro atoms. The van der Waals surface area contributed by atoms with E-state index in [0.29, 0.717) is 28.9 Å². The van der Waals surface area contributed by atoms with Crippen molar-refractivity contribution < 1.29 is 19.4 Å². The van der Waals surface area contributed by atoms with E-state index in [4.69, 9.17) is 0 Å². The normalized spacial score (nSPS) is 15.7. The molecule has 0 radical (unpaired) electrons. The third kappa shape index (κ3) is 4.08. The summed E-state index contributed by atoms with van der Waals surface area (Å²) in [4.78, 5) is 18.3. The molecule has 5 nitrogen and oxygen atoms in total. The van der Waals surface area contributed by atoms with Gasteiger partial charge in [0.2, 0.25) is 0 Å². The van der Waals surface area contributed by atoms with Gasteiger partial charge in [0.25, 0.3) is 5.56 Å². The zero-order valence-corrected chi connectivity index (χ0v) is 15.9. The van der Waals surface area contributed by atoms with Crippen LogP contribution in [0.1, 0.15) is 24.4 Å². The maximum Gasteiger partial charge on any atom is 0.310 e. The van der Waals surface area contributed by atoms with Crippen LogP contribution in [-0.2, 0) is 7.05 Å². The predicted octanol–water partition coefficient (Wildman–Crippen LogP) is 5.47. The van der Waals surface area contributed by atoms with Crippen molar-refractivity contribution >= 4 is 26.9 Å². The van der Waals surface area contributed by atoms with Gasteiger partial charge in [0.1, 0.15) is 16.5 Å². The lowest BCUT2D eigenvalue weighted by Gasteiger charge is -2.40. The Balaban J connectivity index is 2.04. The smallest absolute Gasteiger partial charge is 0.310 e. The molecule has 3 rings (SSSR count). The summed E-state index contributed by atoms with van der Waals surface area (Å²) in [6.45, 7) is 3.12. The number of halogens is 5. The molecule has 0 saturated heterocycles. The quantitative estimate of drug-likeness (QED) is 0.569. The Labute approximate surface area is 157 Å². The predicted molar refractivity (Wildman–Crippen MR) is 99.4 cm³/mol. The van der Waals surface area contributed by atoms with Gasteiger partial charge in [-0.15, -0.1) is 0 Å². The lowest BCUT2D eigenvalue weighted by Crippen LogP contribution is -2.16. The standard InChI is InChI=1S/C17H17F5N4OS/c1-10(12-5-4-6-13(7-12)28(18,19,20,21)22)23-17-14-9-26(3)16(27)8-15(14)24-11(2)25-17/h4-10H,1-3H3,(H,23,24,25)/t10-/m1/s1. The first kappa shape index (κ1) is 20.1. The summed E-state index contributed by atoms with van der Waals surface area (Å²) in [5.41, 5.74) is 0.0965. The molecule has 3 aromatic rings. The van der Waals surface area contributed by atoms with Gasteiger partial charge in [0, 0.05) is 19.3 Å². The van der Waals surface area contributed by atoms with E-state index in [0.717, 1.165) is 6.07 Å². The first-order chi connectivity index (χ1) is 12.6. The molecular formula is C17H17F5N4OS. The van der Waals surface area contributed by atoms with E-state index >= 15 is 0 Å². The maximum absolute atomic E-state index is 13.1. The Bertz CT molecular complexity index is 1150. The number of pyridine rings is 1. The van der Waals surface area contributed by atoms with E-state index in [-0.39, 0.29) is 16.9 Å². The molecule has 1 aromatic carbocycles. The average Bonchev–Trinajstić information content (AvgIpc) is 2.54. The average molecular weight is 420 g/mol. The van der Waals surface area contributed by atoms with Gasteiger partial charge < -0.3 is 9.88 Å². The fourth-order valence-corrected chi connectivity index (χ4v) is 3.43. The van der Waals surface area contributed by atoms with Crippen LogP contribution in [0.5, 0.6) is 0 Å². The first-order valence-electron chi connectivity index (χ1n) is 8.10. The number of benzene rings is 1. The van der Waals surface area contributed by atoms with Gasteiger partial charge in [0.05, 0.1) is 16.9 Å². The second kappa shape index (κ2) is 5.66. The lowest BCUT2D eigenvalue weighted by molar-refractivity contribution is 0.364. The molecule has 28 heavy (non-hydrogen) atoms. The number of aryl methyl sites for hydroxylation is 2. The number of nitrogens with one attached hydrogen (secondary N) is 1. The van der Waals surface area contributed by atoms with E-state index in [1.54, 1.807) is 6.92 Å². The van der Waals surface area contributed by atoms with Crippen LogP contribution < -0.4 is 10.9 Å². The van der Waals surface area contributed by atoms with Gasteiger partial charge in [0.15, 0.2) is 0 Å². The number of hydrogen-bond acceptors (Lipinski definition) is 4. The van der Waals surface area contributed by atoms with Gasteiger partial charge in [-0.2, -0.15) is 0 Å². The number of anilines is 1. The molecule has 0 unspecified atom stereocenters. The van der Waals surface area contributed by atoms with E-state index in [2.05, 4.69) is 15.3 Å². The Morgan fingerprint density at radius 3 is 2.43 bits per heavy atom. The summed E-state index contributed by atoms with van der Waals surface area (Å²) < 4.78 is 66.8. The van der Waals surface area contributed by atoms with Gasteiger partial charge in [-0.05, 0) is 31.5 Å². The van der Waals surface area contributed by atoms with Crippen LogP contribution in [0, 0.1) is 6.92 Å². The summed E-state index contributed by atoms with van der Waals surface area (Å²) >= 11 is 0. The van der Waals surface area contributed by atoms with Crippen LogP contribution in [0.2, 0.25) is 0 Å². The Hall–Kier alpha value is -2.69. The van der Waals surface area contributed by atoms with Gasteiger partial charge in [-0.25, -0.2) is 9.97 Å². The van der Waals surface area contributed by atoms with E-state index < -0.39 is 21.2 Å². The molecule has 0 aliphatic rings. The van der Waals surface area contributed by atoms with Crippen LogP contribution in [0.25, 0.3) is 10.9 Å². The number of aromatic nitrogens is 3. The van der Waals surface area contributed by atoms with Crippen LogP contribution >= 0.6 is 10.2 Å². The Morgan fingerprint density at radius 1 is 1.11 bits per heavy atom. The van der Waals surface area contributed by atoms with Crippen molar-refractivity contribution in [2.24, 2.45) is 7.05 Å². The molecule has 0 fully saturated rings. The van der Waals surface area contributed by atoms with E-state index in [1.165, 1.54) is 36.9 Å². The highest BCUT2D eigenvalue weighted by Gasteiger charge is 2.65. The van der Waals surface area contributed by atoms with Crippen molar-refractivity contribution in [2.45, 2.75) is 24.8 Å². The number of nitrogens with zero attached hydrogens (tertiary/aromatic N) is 3. The molecule has 152 valence electrons. The summed E-state index contributed by atoms with van der Waals surface area (Å²) in [5, 5.41) is 3.40. The fourth-order valence-electron chi connectivity index (χ4n) is 2.74. The number of fused-ring (bicyclic) bond motifs is 1. The minimum atomic E-state index is -9.77. The second-order valence-corrected chi connectivity index (χ2v) is 8.96. The molecule has 0 bridgehead atoms. The van der Waals surface area contributed by atoms with Crippen LogP contribution in [0.15, 0.2) is 46.2 Å². The topological polar surface area (TPSA) is 59.8 Å². The highest BCUT2D eigenvalue weighted by Crippen LogP contribution is 3.02. The van der Waals surface area contributed by atoms with Crippen molar-refractivity contribution in [1.29, 1.82) is 0 Å². The molecule has 0 saturated carbocycles. The molecule has 2 heterocycles. The molecular weight excluding hydrogens is 403 g/mol. The largest absolute Gasteiger partial charge is 0.363 e. The van der Waals surface area contributed by atoms with Crippen LogP contribution in [0.4, 0.5) is 25.2 Å². The second-order valence-electron chi connectivity index (χ2n) is 6.55.